The van der Waals surface area contributed by atoms with Crippen LogP contribution < -0.4 is 9.46 Å². The average molecular weight is 309 g/mol. The normalized spacial score (nSPS) is 11.1. The Morgan fingerprint density at radius 1 is 1.10 bits per heavy atom. The molecule has 0 aliphatic carbocycles. The van der Waals surface area contributed by atoms with E-state index in [0.717, 1.165) is 4.90 Å². The van der Waals surface area contributed by atoms with Gasteiger partial charge in [0.15, 0.2) is 0 Å². The molecule has 0 aromatic heterocycles. The Balaban J connectivity index is 2.35. The lowest BCUT2D eigenvalue weighted by molar-refractivity contribution is 0.413. The molecule has 0 aliphatic heterocycles. The predicted molar refractivity (Wildman–Crippen MR) is 82.0 cm³/mol. The summed E-state index contributed by atoms with van der Waals surface area (Å²) in [6, 6.07) is 13.6. The highest BCUT2D eigenvalue weighted by molar-refractivity contribution is 7.99. The van der Waals surface area contributed by atoms with Gasteiger partial charge in [0, 0.05) is 11.0 Å². The van der Waals surface area contributed by atoms with Crippen LogP contribution in [0.15, 0.2) is 58.3 Å². The van der Waals surface area contributed by atoms with Crippen LogP contribution in [-0.4, -0.2) is 21.8 Å². The molecular weight excluding hydrogens is 294 g/mol. The van der Waals surface area contributed by atoms with Crippen LogP contribution in [0.5, 0.6) is 5.75 Å². The molecule has 0 unspecified atom stereocenters. The van der Waals surface area contributed by atoms with Crippen molar-refractivity contribution in [1.82, 2.24) is 0 Å². The van der Waals surface area contributed by atoms with E-state index in [1.165, 1.54) is 31.0 Å². The fourth-order valence-electron chi connectivity index (χ4n) is 1.70. The van der Waals surface area contributed by atoms with Gasteiger partial charge in [0.05, 0.1) is 17.7 Å². The van der Waals surface area contributed by atoms with Gasteiger partial charge in [-0.2, -0.15) is 0 Å². The highest BCUT2D eigenvalue weighted by atomic mass is 32.2. The van der Waals surface area contributed by atoms with E-state index in [1.54, 1.807) is 24.3 Å². The minimum Gasteiger partial charge on any atom is -0.497 e. The molecule has 0 heterocycles. The lowest BCUT2D eigenvalue weighted by Crippen LogP contribution is -2.13. The van der Waals surface area contributed by atoms with Crippen LogP contribution in [-0.2, 0) is 10.0 Å². The lowest BCUT2D eigenvalue weighted by Gasteiger charge is -2.11. The molecule has 0 atom stereocenters. The predicted octanol–water partition coefficient (Wildman–Crippen LogP) is 3.22. The number of rotatable bonds is 5. The molecule has 2 aromatic rings. The first-order valence-corrected chi connectivity index (χ1v) is 8.57. The second-order valence-electron chi connectivity index (χ2n) is 3.98. The van der Waals surface area contributed by atoms with Crippen molar-refractivity contribution in [1.29, 1.82) is 0 Å². The minimum atomic E-state index is -3.62. The summed E-state index contributed by atoms with van der Waals surface area (Å²) in [6.45, 7) is 0. The molecule has 0 saturated carbocycles. The Bertz CT molecular complexity index is 699. The largest absolute Gasteiger partial charge is 0.497 e. The third kappa shape index (κ3) is 3.26. The van der Waals surface area contributed by atoms with Crippen LogP contribution in [0.3, 0.4) is 0 Å². The lowest BCUT2D eigenvalue weighted by atomic mass is 10.3. The quantitative estimate of drug-likeness (QED) is 0.862. The standard InChI is InChI=1S/C14H15NO3S2/c1-18-11-6-5-7-12(10-11)20(16,17)15-13-8-3-4-9-14(13)19-2/h3-10,15H,1-2H3. The number of methoxy groups -OCH3 is 1. The molecule has 1 N–H and O–H groups in total. The second-order valence-corrected chi connectivity index (χ2v) is 6.52. The molecular formula is C14H15NO3S2. The first-order chi connectivity index (χ1) is 9.56. The Labute approximate surface area is 123 Å². The zero-order chi connectivity index (χ0) is 14.6. The van der Waals surface area contributed by atoms with E-state index in [4.69, 9.17) is 4.74 Å². The highest BCUT2D eigenvalue weighted by Gasteiger charge is 2.16. The smallest absolute Gasteiger partial charge is 0.262 e. The van der Waals surface area contributed by atoms with Crippen molar-refractivity contribution in [2.45, 2.75) is 9.79 Å². The van der Waals surface area contributed by atoms with Crippen LogP contribution in [0.1, 0.15) is 0 Å². The van der Waals surface area contributed by atoms with Gasteiger partial charge in [0.2, 0.25) is 0 Å². The van der Waals surface area contributed by atoms with E-state index < -0.39 is 10.0 Å². The van der Waals surface area contributed by atoms with Gasteiger partial charge < -0.3 is 4.74 Å². The molecule has 0 amide bonds. The van der Waals surface area contributed by atoms with E-state index in [0.29, 0.717) is 11.4 Å². The fourth-order valence-corrected chi connectivity index (χ4v) is 3.43. The average Bonchev–Trinajstić information content (AvgIpc) is 2.47. The van der Waals surface area contributed by atoms with E-state index in [2.05, 4.69) is 4.72 Å². The molecule has 0 fully saturated rings. The van der Waals surface area contributed by atoms with Gasteiger partial charge in [-0.25, -0.2) is 8.42 Å². The van der Waals surface area contributed by atoms with Crippen LogP contribution in [0.2, 0.25) is 0 Å². The summed E-state index contributed by atoms with van der Waals surface area (Å²) < 4.78 is 32.4. The summed E-state index contributed by atoms with van der Waals surface area (Å²) in [5.74, 6) is 0.506. The molecule has 2 aromatic carbocycles. The first kappa shape index (κ1) is 14.7. The monoisotopic (exact) mass is 309 g/mol. The van der Waals surface area contributed by atoms with Gasteiger partial charge in [-0.3, -0.25) is 4.72 Å². The number of ether oxygens (including phenoxy) is 1. The maximum Gasteiger partial charge on any atom is 0.262 e. The number of thioether (sulfide) groups is 1. The van der Waals surface area contributed by atoms with E-state index in [9.17, 15) is 8.42 Å². The van der Waals surface area contributed by atoms with Crippen LogP contribution in [0, 0.1) is 0 Å². The summed E-state index contributed by atoms with van der Waals surface area (Å²) in [5.41, 5.74) is 0.572. The molecule has 106 valence electrons. The van der Waals surface area contributed by atoms with Crippen molar-refractivity contribution in [3.05, 3.63) is 48.5 Å². The van der Waals surface area contributed by atoms with E-state index in [1.807, 2.05) is 18.4 Å². The van der Waals surface area contributed by atoms with E-state index >= 15 is 0 Å². The topological polar surface area (TPSA) is 55.4 Å². The number of anilines is 1. The number of hydrogen-bond donors (Lipinski definition) is 1. The number of hydrogen-bond acceptors (Lipinski definition) is 4. The Kier molecular flexibility index (Phi) is 4.57. The van der Waals surface area contributed by atoms with Crippen LogP contribution >= 0.6 is 11.8 Å². The minimum absolute atomic E-state index is 0.174. The number of para-hydroxylation sites is 1. The van der Waals surface area contributed by atoms with Gasteiger partial charge in [-0.1, -0.05) is 18.2 Å². The maximum absolute atomic E-state index is 12.4. The molecule has 0 spiro atoms. The zero-order valence-corrected chi connectivity index (χ0v) is 12.8. The van der Waals surface area contributed by atoms with Gasteiger partial charge in [0.1, 0.15) is 5.75 Å². The Hall–Kier alpha value is -1.66. The third-order valence-electron chi connectivity index (χ3n) is 2.70. The molecule has 0 aliphatic rings. The van der Waals surface area contributed by atoms with Crippen molar-refractivity contribution in [2.24, 2.45) is 0 Å². The maximum atomic E-state index is 12.4. The summed E-state index contributed by atoms with van der Waals surface area (Å²) in [7, 11) is -2.12. The van der Waals surface area contributed by atoms with Crippen LogP contribution in [0.4, 0.5) is 5.69 Å². The van der Waals surface area contributed by atoms with Gasteiger partial charge in [-0.05, 0) is 30.5 Å². The first-order valence-electron chi connectivity index (χ1n) is 5.87. The SMILES string of the molecule is COc1cccc(S(=O)(=O)Nc2ccccc2SC)c1. The Morgan fingerprint density at radius 2 is 1.85 bits per heavy atom. The third-order valence-corrected chi connectivity index (χ3v) is 4.86. The Morgan fingerprint density at radius 3 is 2.55 bits per heavy atom. The molecule has 0 bridgehead atoms. The fraction of sp³-hybridized carbons (Fsp3) is 0.143. The zero-order valence-electron chi connectivity index (χ0n) is 11.2. The van der Waals surface area contributed by atoms with Crippen LogP contribution in [0.25, 0.3) is 0 Å². The van der Waals surface area contributed by atoms with Crippen molar-refractivity contribution in [3.8, 4) is 5.75 Å². The number of benzene rings is 2. The number of sulfonamides is 1. The molecule has 20 heavy (non-hydrogen) atoms. The second kappa shape index (κ2) is 6.19. The van der Waals surface area contributed by atoms with Crippen molar-refractivity contribution >= 4 is 27.5 Å². The van der Waals surface area contributed by atoms with Gasteiger partial charge in [0.25, 0.3) is 10.0 Å². The number of nitrogens with one attached hydrogen (secondary N) is 1. The molecule has 4 nitrogen and oxygen atoms in total. The van der Waals surface area contributed by atoms with E-state index in [-0.39, 0.29) is 4.90 Å². The molecule has 2 rings (SSSR count). The molecule has 6 heteroatoms. The summed E-state index contributed by atoms with van der Waals surface area (Å²) in [4.78, 5) is 1.05. The van der Waals surface area contributed by atoms with Crippen molar-refractivity contribution < 1.29 is 13.2 Å². The summed E-state index contributed by atoms with van der Waals surface area (Å²) in [5, 5.41) is 0. The highest BCUT2D eigenvalue weighted by Crippen LogP contribution is 2.27. The summed E-state index contributed by atoms with van der Waals surface area (Å²) >= 11 is 1.49. The van der Waals surface area contributed by atoms with Crippen molar-refractivity contribution in [3.63, 3.8) is 0 Å². The summed E-state index contributed by atoms with van der Waals surface area (Å²) in [6.07, 6.45) is 1.90. The van der Waals surface area contributed by atoms with Gasteiger partial charge >= 0.3 is 0 Å². The molecule has 0 radical (unpaired) electrons. The van der Waals surface area contributed by atoms with Gasteiger partial charge in [-0.15, -0.1) is 11.8 Å². The molecule has 0 saturated heterocycles. The van der Waals surface area contributed by atoms with Crippen molar-refractivity contribution in [2.75, 3.05) is 18.1 Å².